The predicted octanol–water partition coefficient (Wildman–Crippen LogP) is 2.74. The predicted molar refractivity (Wildman–Crippen MR) is 82.5 cm³/mol. The zero-order valence-corrected chi connectivity index (χ0v) is 12.3. The van der Waals surface area contributed by atoms with Crippen LogP contribution in [-0.2, 0) is 6.54 Å². The molecule has 2 rings (SSSR count). The van der Waals surface area contributed by atoms with Crippen LogP contribution in [0.1, 0.15) is 15.2 Å². The smallest absolute Gasteiger partial charge is 0.251 e. The van der Waals surface area contributed by atoms with Crippen LogP contribution in [0.5, 0.6) is 0 Å². The number of carbonyl (C=O) groups excluding carboxylic acids is 1. The molecule has 1 heterocycles. The van der Waals surface area contributed by atoms with Gasteiger partial charge in [-0.2, -0.15) is 0 Å². The fourth-order valence-corrected chi connectivity index (χ4v) is 2.66. The van der Waals surface area contributed by atoms with Gasteiger partial charge >= 0.3 is 0 Å². The number of hydrogen-bond donors (Lipinski definition) is 3. The van der Waals surface area contributed by atoms with E-state index in [4.69, 9.17) is 16.7 Å². The minimum absolute atomic E-state index is 0.0608. The van der Waals surface area contributed by atoms with E-state index >= 15 is 0 Å². The topological polar surface area (TPSA) is 61.4 Å². The molecule has 0 spiro atoms. The average Bonchev–Trinajstić information content (AvgIpc) is 2.89. The van der Waals surface area contributed by atoms with Gasteiger partial charge in [0.15, 0.2) is 0 Å². The number of benzene rings is 1. The Bertz CT molecular complexity index is 569. The number of anilines is 1. The van der Waals surface area contributed by atoms with Gasteiger partial charge in [0, 0.05) is 34.6 Å². The molecule has 1 aromatic carbocycles. The monoisotopic (exact) mass is 310 g/mol. The molecule has 2 aromatic rings. The first-order chi connectivity index (χ1) is 9.69. The molecule has 4 nitrogen and oxygen atoms in total. The van der Waals surface area contributed by atoms with Crippen LogP contribution in [0.15, 0.2) is 35.7 Å². The number of carbonyl (C=O) groups is 1. The molecule has 0 atom stereocenters. The molecule has 0 saturated heterocycles. The van der Waals surface area contributed by atoms with Gasteiger partial charge in [-0.1, -0.05) is 11.6 Å². The standard InChI is InChI=1S/C14H15ClN2O2S/c15-11-7-13(20-9-11)8-17-12-3-1-10(2-4-12)14(19)16-5-6-18/h1-4,7,9,17-18H,5-6,8H2,(H,16,19). The third kappa shape index (κ3) is 4.23. The van der Waals surface area contributed by atoms with E-state index in [1.165, 1.54) is 0 Å². The van der Waals surface area contributed by atoms with Crippen LogP contribution >= 0.6 is 22.9 Å². The zero-order chi connectivity index (χ0) is 14.4. The Kier molecular flexibility index (Phi) is 5.40. The van der Waals surface area contributed by atoms with E-state index < -0.39 is 0 Å². The summed E-state index contributed by atoms with van der Waals surface area (Å²) >= 11 is 7.46. The van der Waals surface area contributed by atoms with Crippen molar-refractivity contribution in [1.29, 1.82) is 0 Å². The van der Waals surface area contributed by atoms with E-state index in [0.717, 1.165) is 15.6 Å². The molecular weight excluding hydrogens is 296 g/mol. The molecule has 0 aliphatic heterocycles. The summed E-state index contributed by atoms with van der Waals surface area (Å²) in [6, 6.07) is 9.12. The molecule has 0 unspecified atom stereocenters. The Balaban J connectivity index is 1.89. The highest BCUT2D eigenvalue weighted by Crippen LogP contribution is 2.20. The summed E-state index contributed by atoms with van der Waals surface area (Å²) in [5.41, 5.74) is 1.51. The Hall–Kier alpha value is -1.56. The van der Waals surface area contributed by atoms with E-state index in [0.29, 0.717) is 12.1 Å². The van der Waals surface area contributed by atoms with Crippen LogP contribution in [-0.4, -0.2) is 24.2 Å². The van der Waals surface area contributed by atoms with Crippen LogP contribution in [0.2, 0.25) is 5.02 Å². The number of rotatable bonds is 6. The van der Waals surface area contributed by atoms with E-state index in [1.54, 1.807) is 23.5 Å². The van der Waals surface area contributed by atoms with Gasteiger partial charge in [-0.05, 0) is 30.3 Å². The second kappa shape index (κ2) is 7.28. The number of halogens is 1. The number of aliphatic hydroxyl groups excluding tert-OH is 1. The lowest BCUT2D eigenvalue weighted by atomic mass is 10.2. The minimum atomic E-state index is -0.185. The number of thiophene rings is 1. The first-order valence-electron chi connectivity index (χ1n) is 6.15. The van der Waals surface area contributed by atoms with Gasteiger partial charge in [-0.25, -0.2) is 0 Å². The lowest BCUT2D eigenvalue weighted by Gasteiger charge is -2.07. The van der Waals surface area contributed by atoms with Gasteiger partial charge in [0.25, 0.3) is 5.91 Å². The largest absolute Gasteiger partial charge is 0.395 e. The van der Waals surface area contributed by atoms with Crippen molar-refractivity contribution in [3.05, 3.63) is 51.2 Å². The maximum atomic E-state index is 11.6. The quantitative estimate of drug-likeness (QED) is 0.769. The highest BCUT2D eigenvalue weighted by Gasteiger charge is 2.04. The SMILES string of the molecule is O=C(NCCO)c1ccc(NCc2cc(Cl)cs2)cc1. The summed E-state index contributed by atoms with van der Waals surface area (Å²) in [5.74, 6) is -0.185. The fraction of sp³-hybridized carbons (Fsp3) is 0.214. The summed E-state index contributed by atoms with van der Waals surface area (Å²) in [4.78, 5) is 12.8. The maximum absolute atomic E-state index is 11.6. The second-order valence-electron chi connectivity index (χ2n) is 4.14. The molecule has 0 aliphatic carbocycles. The van der Waals surface area contributed by atoms with Crippen molar-refractivity contribution in [2.24, 2.45) is 0 Å². The molecule has 6 heteroatoms. The number of aliphatic hydroxyl groups is 1. The number of amides is 1. The van der Waals surface area contributed by atoms with E-state index in [-0.39, 0.29) is 19.1 Å². The van der Waals surface area contributed by atoms with Gasteiger partial charge < -0.3 is 15.7 Å². The van der Waals surface area contributed by atoms with Crippen LogP contribution in [0.4, 0.5) is 5.69 Å². The zero-order valence-electron chi connectivity index (χ0n) is 10.7. The normalized spacial score (nSPS) is 10.3. The number of nitrogens with one attached hydrogen (secondary N) is 2. The van der Waals surface area contributed by atoms with Gasteiger partial charge in [0.05, 0.1) is 11.6 Å². The molecular formula is C14H15ClN2O2S. The molecule has 106 valence electrons. The molecule has 0 radical (unpaired) electrons. The lowest BCUT2D eigenvalue weighted by molar-refractivity contribution is 0.0945. The third-order valence-corrected chi connectivity index (χ3v) is 3.92. The van der Waals surface area contributed by atoms with Gasteiger partial charge in [-0.3, -0.25) is 4.79 Å². The highest BCUT2D eigenvalue weighted by atomic mass is 35.5. The van der Waals surface area contributed by atoms with Crippen molar-refractivity contribution < 1.29 is 9.90 Å². The van der Waals surface area contributed by atoms with Gasteiger partial charge in [-0.15, -0.1) is 11.3 Å². The maximum Gasteiger partial charge on any atom is 0.251 e. The van der Waals surface area contributed by atoms with Crippen molar-refractivity contribution in [1.82, 2.24) is 5.32 Å². The molecule has 1 amide bonds. The Morgan fingerprint density at radius 1 is 1.30 bits per heavy atom. The summed E-state index contributed by atoms with van der Waals surface area (Å²) in [7, 11) is 0. The average molecular weight is 311 g/mol. The van der Waals surface area contributed by atoms with Crippen molar-refractivity contribution in [2.75, 3.05) is 18.5 Å². The summed E-state index contributed by atoms with van der Waals surface area (Å²) in [6.45, 7) is 0.903. The summed E-state index contributed by atoms with van der Waals surface area (Å²) in [5, 5.41) is 17.2. The molecule has 3 N–H and O–H groups in total. The highest BCUT2D eigenvalue weighted by molar-refractivity contribution is 7.10. The summed E-state index contributed by atoms with van der Waals surface area (Å²) < 4.78 is 0. The summed E-state index contributed by atoms with van der Waals surface area (Å²) in [6.07, 6.45) is 0. The van der Waals surface area contributed by atoms with Crippen molar-refractivity contribution in [3.63, 3.8) is 0 Å². The van der Waals surface area contributed by atoms with Crippen LogP contribution in [0, 0.1) is 0 Å². The Morgan fingerprint density at radius 2 is 2.05 bits per heavy atom. The van der Waals surface area contributed by atoms with E-state index in [2.05, 4.69) is 10.6 Å². The Morgan fingerprint density at radius 3 is 2.65 bits per heavy atom. The van der Waals surface area contributed by atoms with Crippen LogP contribution in [0.25, 0.3) is 0 Å². The molecule has 1 aromatic heterocycles. The first-order valence-corrected chi connectivity index (χ1v) is 7.40. The van der Waals surface area contributed by atoms with Crippen LogP contribution < -0.4 is 10.6 Å². The van der Waals surface area contributed by atoms with Crippen molar-refractivity contribution >= 4 is 34.5 Å². The van der Waals surface area contributed by atoms with Gasteiger partial charge in [0.1, 0.15) is 0 Å². The van der Waals surface area contributed by atoms with Crippen molar-refractivity contribution in [2.45, 2.75) is 6.54 Å². The molecule has 20 heavy (non-hydrogen) atoms. The minimum Gasteiger partial charge on any atom is -0.395 e. The first kappa shape index (κ1) is 14.8. The Labute approximate surface area is 126 Å². The van der Waals surface area contributed by atoms with E-state index in [9.17, 15) is 4.79 Å². The lowest BCUT2D eigenvalue weighted by Crippen LogP contribution is -2.26. The van der Waals surface area contributed by atoms with E-state index in [1.807, 2.05) is 23.6 Å². The third-order valence-electron chi connectivity index (χ3n) is 2.63. The molecule has 0 bridgehead atoms. The molecule has 0 fully saturated rings. The molecule has 0 aliphatic rings. The molecule has 0 saturated carbocycles. The van der Waals surface area contributed by atoms with Crippen molar-refractivity contribution in [3.8, 4) is 0 Å². The van der Waals surface area contributed by atoms with Gasteiger partial charge in [0.2, 0.25) is 0 Å². The second-order valence-corrected chi connectivity index (χ2v) is 5.57. The fourth-order valence-electron chi connectivity index (χ4n) is 1.65. The van der Waals surface area contributed by atoms with Crippen LogP contribution in [0.3, 0.4) is 0 Å². The number of hydrogen-bond acceptors (Lipinski definition) is 4.